The first-order valence-corrected chi connectivity index (χ1v) is 14.3. The van der Waals surface area contributed by atoms with Gasteiger partial charge in [-0.1, -0.05) is 58.2 Å². The van der Waals surface area contributed by atoms with Crippen LogP contribution in [0.4, 0.5) is 18.9 Å². The number of pyridine rings is 1. The number of rotatable bonds is 9. The first-order valence-electron chi connectivity index (χ1n) is 13.0. The maximum absolute atomic E-state index is 13.5. The van der Waals surface area contributed by atoms with Crippen molar-refractivity contribution >= 4 is 35.0 Å². The molecular formula is C30H32ClF3N4OS. The molecule has 2 aromatic heterocycles. The molecule has 0 aliphatic rings. The molecule has 212 valence electrons. The van der Waals surface area contributed by atoms with E-state index in [1.165, 1.54) is 30.7 Å². The largest absolute Gasteiger partial charge is 0.341 e. The van der Waals surface area contributed by atoms with Gasteiger partial charge in [0, 0.05) is 45.6 Å². The van der Waals surface area contributed by atoms with E-state index in [0.29, 0.717) is 9.92 Å². The van der Waals surface area contributed by atoms with Gasteiger partial charge in [-0.3, -0.25) is 9.78 Å². The average Bonchev–Trinajstić information content (AvgIpc) is 3.44. The number of aromatic amines is 1. The number of thioether (sulfide) groups is 1. The van der Waals surface area contributed by atoms with Gasteiger partial charge in [-0.2, -0.15) is 0 Å². The summed E-state index contributed by atoms with van der Waals surface area (Å²) in [4.78, 5) is 25.5. The Bertz CT molecular complexity index is 1390. The van der Waals surface area contributed by atoms with Crippen LogP contribution in [-0.4, -0.2) is 26.1 Å². The third-order valence-corrected chi connectivity index (χ3v) is 7.58. The topological polar surface area (TPSA) is 70.7 Å². The van der Waals surface area contributed by atoms with Crippen molar-refractivity contribution in [1.82, 2.24) is 15.0 Å². The first kappa shape index (κ1) is 31.2. The van der Waals surface area contributed by atoms with Crippen molar-refractivity contribution in [2.75, 3.05) is 5.32 Å². The molecule has 0 saturated carbocycles. The number of H-pyrrole nitrogens is 1. The molecule has 2 heterocycles. The van der Waals surface area contributed by atoms with Gasteiger partial charge in [0.1, 0.15) is 5.82 Å². The highest BCUT2D eigenvalue weighted by molar-refractivity contribution is 8.00. The second-order valence-electron chi connectivity index (χ2n) is 9.32. The lowest BCUT2D eigenvalue weighted by molar-refractivity contribution is 0.102. The Labute approximate surface area is 242 Å². The Morgan fingerprint density at radius 2 is 1.73 bits per heavy atom. The molecule has 2 aromatic carbocycles. The number of amides is 1. The molecule has 4 rings (SSSR count). The zero-order valence-electron chi connectivity index (χ0n) is 22.8. The summed E-state index contributed by atoms with van der Waals surface area (Å²) in [5.41, 5.74) is 1.73. The van der Waals surface area contributed by atoms with Gasteiger partial charge in [0.2, 0.25) is 0 Å². The van der Waals surface area contributed by atoms with Crippen LogP contribution < -0.4 is 5.32 Å². The molecule has 0 bridgehead atoms. The van der Waals surface area contributed by atoms with E-state index in [9.17, 15) is 18.0 Å². The van der Waals surface area contributed by atoms with Crippen LogP contribution in [-0.2, 0) is 0 Å². The van der Waals surface area contributed by atoms with Gasteiger partial charge in [-0.15, -0.1) is 11.8 Å². The summed E-state index contributed by atoms with van der Waals surface area (Å²) in [5, 5.41) is 2.98. The van der Waals surface area contributed by atoms with Crippen molar-refractivity contribution in [2.24, 2.45) is 0 Å². The van der Waals surface area contributed by atoms with Gasteiger partial charge < -0.3 is 10.3 Å². The maximum Gasteiger partial charge on any atom is 0.255 e. The van der Waals surface area contributed by atoms with Gasteiger partial charge in [0.05, 0.1) is 22.6 Å². The highest BCUT2D eigenvalue weighted by Crippen LogP contribution is 2.35. The van der Waals surface area contributed by atoms with E-state index in [4.69, 9.17) is 11.6 Å². The number of hydrogen-bond donors (Lipinski definition) is 2. The Morgan fingerprint density at radius 1 is 1.02 bits per heavy atom. The summed E-state index contributed by atoms with van der Waals surface area (Å²) >= 11 is 7.88. The molecule has 1 amide bonds. The predicted molar refractivity (Wildman–Crippen MR) is 156 cm³/mol. The predicted octanol–water partition coefficient (Wildman–Crippen LogP) is 9.28. The Kier molecular flexibility index (Phi) is 11.6. The van der Waals surface area contributed by atoms with Crippen LogP contribution in [0.15, 0.2) is 65.8 Å². The van der Waals surface area contributed by atoms with Gasteiger partial charge in [-0.05, 0) is 36.8 Å². The number of halogens is 4. The number of nitrogens with one attached hydrogen (secondary N) is 2. The molecule has 0 aliphatic carbocycles. The second-order valence-corrected chi connectivity index (χ2v) is 11.2. The first-order chi connectivity index (χ1) is 19.1. The van der Waals surface area contributed by atoms with E-state index in [2.05, 4.69) is 48.0 Å². The fraction of sp³-hybridized carbons (Fsp3) is 0.300. The molecule has 5 nitrogen and oxygen atoms in total. The number of anilines is 1. The molecule has 0 fully saturated rings. The van der Waals surface area contributed by atoms with E-state index < -0.39 is 23.4 Å². The number of imidazole rings is 1. The third kappa shape index (κ3) is 8.60. The summed E-state index contributed by atoms with van der Waals surface area (Å²) < 4.78 is 40.1. The molecule has 4 aromatic rings. The van der Waals surface area contributed by atoms with E-state index in [1.807, 2.05) is 18.2 Å². The van der Waals surface area contributed by atoms with Crippen molar-refractivity contribution in [2.45, 2.75) is 63.0 Å². The lowest BCUT2D eigenvalue weighted by atomic mass is 10.1. The highest BCUT2D eigenvalue weighted by atomic mass is 35.5. The summed E-state index contributed by atoms with van der Waals surface area (Å²) in [5.74, 6) is -3.99. The second kappa shape index (κ2) is 14.9. The number of aromatic nitrogens is 3. The van der Waals surface area contributed by atoms with Crippen molar-refractivity contribution in [3.8, 4) is 11.4 Å². The lowest BCUT2D eigenvalue weighted by Crippen LogP contribution is -2.13. The molecule has 2 unspecified atom stereocenters. The number of carbonyl (C=O) groups is 1. The zero-order valence-corrected chi connectivity index (χ0v) is 24.3. The third-order valence-electron chi connectivity index (χ3n) is 5.95. The smallest absolute Gasteiger partial charge is 0.255 e. The summed E-state index contributed by atoms with van der Waals surface area (Å²) in [6, 6.07) is 11.8. The standard InChI is InChI=1S/C26H22ClF3N4OS.C4H10/c1-14(25-32-13-22(34-25)21-5-3-4-8-31-21)9-15(2)36-23-10-16(6-7-18(23)27)26(35)33-17-11-19(28)24(30)20(29)12-17;1-3-4-2/h3-8,10-15H,9H2,1-2H3,(H,32,34)(H,33,35);3-4H2,1-2H3. The van der Waals surface area contributed by atoms with E-state index in [1.54, 1.807) is 24.5 Å². The molecular weight excluding hydrogens is 557 g/mol. The fourth-order valence-electron chi connectivity index (χ4n) is 3.68. The molecule has 0 aliphatic heterocycles. The number of unbranched alkanes of at least 4 members (excludes halogenated alkanes) is 1. The SMILES string of the molecule is CC(CC(C)c1ncc(-c2ccccn2)[nH]1)Sc1cc(C(=O)Nc2cc(F)c(F)c(F)c2)ccc1Cl.CCCC. The van der Waals surface area contributed by atoms with E-state index in [-0.39, 0.29) is 22.4 Å². The number of hydrogen-bond acceptors (Lipinski definition) is 4. The van der Waals surface area contributed by atoms with E-state index >= 15 is 0 Å². The number of nitrogens with zero attached hydrogens (tertiary/aromatic N) is 2. The van der Waals surface area contributed by atoms with Crippen LogP contribution in [0.2, 0.25) is 5.02 Å². The molecule has 2 atom stereocenters. The quantitative estimate of drug-likeness (QED) is 0.151. The van der Waals surface area contributed by atoms with Crippen LogP contribution in [0.25, 0.3) is 11.4 Å². The number of carbonyl (C=O) groups excluding carboxylic acids is 1. The van der Waals surface area contributed by atoms with Gasteiger partial charge in [0.15, 0.2) is 17.5 Å². The molecule has 0 spiro atoms. The number of benzene rings is 2. The van der Waals surface area contributed by atoms with Crippen LogP contribution in [0.3, 0.4) is 0 Å². The highest BCUT2D eigenvalue weighted by Gasteiger charge is 2.18. The van der Waals surface area contributed by atoms with Crippen LogP contribution in [0.1, 0.15) is 69.1 Å². The minimum absolute atomic E-state index is 0.124. The van der Waals surface area contributed by atoms with Crippen molar-refractivity contribution < 1.29 is 18.0 Å². The minimum atomic E-state index is -1.59. The van der Waals surface area contributed by atoms with Gasteiger partial charge in [-0.25, -0.2) is 18.2 Å². The monoisotopic (exact) mass is 588 g/mol. The van der Waals surface area contributed by atoms with Crippen LogP contribution >= 0.6 is 23.4 Å². The van der Waals surface area contributed by atoms with Gasteiger partial charge in [0.25, 0.3) is 5.91 Å². The van der Waals surface area contributed by atoms with Crippen LogP contribution in [0, 0.1) is 17.5 Å². The molecule has 10 heteroatoms. The maximum atomic E-state index is 13.5. The zero-order chi connectivity index (χ0) is 29.2. The summed E-state index contributed by atoms with van der Waals surface area (Å²) in [6.07, 6.45) is 6.91. The summed E-state index contributed by atoms with van der Waals surface area (Å²) in [6.45, 7) is 8.49. The normalized spacial score (nSPS) is 12.3. The lowest BCUT2D eigenvalue weighted by Gasteiger charge is -2.17. The molecule has 0 radical (unpaired) electrons. The van der Waals surface area contributed by atoms with Crippen LogP contribution in [0.5, 0.6) is 0 Å². The van der Waals surface area contributed by atoms with Crippen molar-refractivity contribution in [3.63, 3.8) is 0 Å². The minimum Gasteiger partial charge on any atom is -0.341 e. The Balaban J connectivity index is 0.00000103. The van der Waals surface area contributed by atoms with Crippen molar-refractivity contribution in [1.29, 1.82) is 0 Å². The Morgan fingerprint density at radius 3 is 2.35 bits per heavy atom. The molecule has 2 N–H and O–H groups in total. The Hall–Kier alpha value is -3.30. The molecule has 40 heavy (non-hydrogen) atoms. The van der Waals surface area contributed by atoms with E-state index in [0.717, 1.165) is 35.8 Å². The molecule has 0 saturated heterocycles. The fourth-order valence-corrected chi connectivity index (χ4v) is 5.12. The average molecular weight is 589 g/mol. The van der Waals surface area contributed by atoms with Crippen molar-refractivity contribution in [3.05, 3.63) is 94.8 Å². The summed E-state index contributed by atoms with van der Waals surface area (Å²) in [7, 11) is 0. The van der Waals surface area contributed by atoms with Gasteiger partial charge >= 0.3 is 0 Å².